The Labute approximate surface area is 122 Å². The molecule has 0 amide bonds. The van der Waals surface area contributed by atoms with E-state index >= 15 is 0 Å². The molecular weight excluding hydrogens is 265 g/mol. The van der Waals surface area contributed by atoms with Gasteiger partial charge < -0.3 is 4.57 Å². The Morgan fingerprint density at radius 1 is 1.24 bits per heavy atom. The largest absolute Gasteiger partial charge is 0.324 e. The maximum atomic E-state index is 13.6. The Bertz CT molecular complexity index is 851. The third-order valence-corrected chi connectivity index (χ3v) is 3.49. The Kier molecular flexibility index (Phi) is 3.19. The highest BCUT2D eigenvalue weighted by molar-refractivity contribution is 5.82. The van der Waals surface area contributed by atoms with Crippen molar-refractivity contribution < 1.29 is 4.39 Å². The molecule has 0 atom stereocenters. The zero-order chi connectivity index (χ0) is 15.0. The highest BCUT2D eigenvalue weighted by Gasteiger charge is 2.13. The van der Waals surface area contributed by atoms with E-state index in [1.807, 2.05) is 30.5 Å². The summed E-state index contributed by atoms with van der Waals surface area (Å²) in [7, 11) is 0. The molecule has 3 nitrogen and oxygen atoms in total. The number of aryl methyl sites for hydroxylation is 2. The first-order valence-electron chi connectivity index (χ1n) is 6.80. The van der Waals surface area contributed by atoms with E-state index in [1.54, 1.807) is 12.1 Å². The van der Waals surface area contributed by atoms with Crippen molar-refractivity contribution in [1.82, 2.24) is 9.55 Å². The van der Waals surface area contributed by atoms with Gasteiger partial charge in [0.15, 0.2) is 0 Å². The summed E-state index contributed by atoms with van der Waals surface area (Å²) in [6, 6.07) is 12.4. The minimum absolute atomic E-state index is 0.266. The third kappa shape index (κ3) is 2.27. The molecule has 0 saturated carbocycles. The number of hydrogen-bond donors (Lipinski definition) is 0. The van der Waals surface area contributed by atoms with Crippen molar-refractivity contribution >= 4 is 11.0 Å². The summed E-state index contributed by atoms with van der Waals surface area (Å²) in [5.74, 6) is 0.461. The Morgan fingerprint density at radius 3 is 2.71 bits per heavy atom. The Balaban J connectivity index is 2.29. The van der Waals surface area contributed by atoms with E-state index in [4.69, 9.17) is 5.26 Å². The molecule has 0 radical (unpaired) electrons. The van der Waals surface area contributed by atoms with Gasteiger partial charge in [-0.25, -0.2) is 9.37 Å². The molecule has 0 spiro atoms. The van der Waals surface area contributed by atoms with Crippen molar-refractivity contribution in [3.63, 3.8) is 0 Å². The van der Waals surface area contributed by atoms with Crippen LogP contribution in [0.3, 0.4) is 0 Å². The highest BCUT2D eigenvalue weighted by atomic mass is 19.1. The van der Waals surface area contributed by atoms with Gasteiger partial charge >= 0.3 is 0 Å². The van der Waals surface area contributed by atoms with E-state index in [1.165, 1.54) is 12.1 Å². The van der Waals surface area contributed by atoms with Crippen LogP contribution in [-0.2, 0) is 6.54 Å². The fourth-order valence-corrected chi connectivity index (χ4v) is 2.61. The molecule has 0 aliphatic heterocycles. The van der Waals surface area contributed by atoms with Crippen LogP contribution in [0.5, 0.6) is 0 Å². The Morgan fingerprint density at radius 2 is 2.05 bits per heavy atom. The van der Waals surface area contributed by atoms with Crippen molar-refractivity contribution in [3.8, 4) is 17.5 Å². The molecule has 21 heavy (non-hydrogen) atoms. The van der Waals surface area contributed by atoms with Crippen molar-refractivity contribution in [2.24, 2.45) is 0 Å². The zero-order valence-electron chi connectivity index (χ0n) is 11.9. The Hall–Kier alpha value is -2.67. The van der Waals surface area contributed by atoms with E-state index in [0.29, 0.717) is 5.56 Å². The number of aromatic nitrogens is 2. The van der Waals surface area contributed by atoms with Gasteiger partial charge in [-0.1, -0.05) is 0 Å². The zero-order valence-corrected chi connectivity index (χ0v) is 11.9. The number of halogens is 1. The predicted octanol–water partition coefficient (Wildman–Crippen LogP) is 4.04. The molecular formula is C17H14FN3. The van der Waals surface area contributed by atoms with E-state index in [2.05, 4.69) is 11.1 Å². The van der Waals surface area contributed by atoms with Gasteiger partial charge in [0.05, 0.1) is 22.7 Å². The molecule has 3 rings (SSSR count). The number of fused-ring (bicyclic) bond motifs is 1. The van der Waals surface area contributed by atoms with Gasteiger partial charge in [-0.15, -0.1) is 0 Å². The van der Waals surface area contributed by atoms with E-state index in [0.717, 1.165) is 34.5 Å². The number of hydrogen-bond acceptors (Lipinski definition) is 2. The van der Waals surface area contributed by atoms with Gasteiger partial charge in [-0.3, -0.25) is 0 Å². The molecule has 0 aliphatic carbocycles. The van der Waals surface area contributed by atoms with E-state index in [9.17, 15) is 4.39 Å². The van der Waals surface area contributed by atoms with Crippen molar-refractivity contribution in [1.29, 1.82) is 5.26 Å². The summed E-state index contributed by atoms with van der Waals surface area (Å²) in [6.07, 6.45) is 0. The molecule has 0 bridgehead atoms. The smallest absolute Gasteiger partial charge is 0.141 e. The number of benzene rings is 2. The second-order valence-corrected chi connectivity index (χ2v) is 5.01. The maximum absolute atomic E-state index is 13.6. The molecule has 3 aromatic rings. The van der Waals surface area contributed by atoms with Crippen LogP contribution < -0.4 is 0 Å². The van der Waals surface area contributed by atoms with Crippen LogP contribution >= 0.6 is 0 Å². The number of nitrogens with zero attached hydrogens (tertiary/aromatic N) is 3. The van der Waals surface area contributed by atoms with Crippen molar-refractivity contribution in [2.75, 3.05) is 0 Å². The lowest BCUT2D eigenvalue weighted by molar-refractivity contribution is 0.626. The van der Waals surface area contributed by atoms with Crippen LogP contribution in [-0.4, -0.2) is 9.55 Å². The van der Waals surface area contributed by atoms with Crippen LogP contribution in [0.4, 0.5) is 4.39 Å². The molecule has 1 aromatic heterocycles. The van der Waals surface area contributed by atoms with Gasteiger partial charge in [0.2, 0.25) is 0 Å². The van der Waals surface area contributed by atoms with E-state index in [-0.39, 0.29) is 5.82 Å². The molecule has 0 unspecified atom stereocenters. The topological polar surface area (TPSA) is 41.6 Å². The summed E-state index contributed by atoms with van der Waals surface area (Å²) >= 11 is 0. The molecule has 104 valence electrons. The standard InChI is InChI=1S/C17H14FN3/c1-3-21-16-5-4-12(10-19)8-15(16)20-17(21)13-6-11(2)7-14(18)9-13/h4-9H,3H2,1-2H3. The normalized spacial score (nSPS) is 10.8. The molecule has 2 aromatic carbocycles. The molecule has 0 saturated heterocycles. The summed E-state index contributed by atoms with van der Waals surface area (Å²) in [5, 5.41) is 8.99. The van der Waals surface area contributed by atoms with Gasteiger partial charge in [0.1, 0.15) is 11.6 Å². The quantitative estimate of drug-likeness (QED) is 0.710. The lowest BCUT2D eigenvalue weighted by atomic mass is 10.1. The molecule has 0 N–H and O–H groups in total. The molecule has 4 heteroatoms. The minimum atomic E-state index is -0.266. The predicted molar refractivity (Wildman–Crippen MR) is 80.3 cm³/mol. The van der Waals surface area contributed by atoms with Crippen molar-refractivity contribution in [3.05, 3.63) is 53.3 Å². The summed E-state index contributed by atoms with van der Waals surface area (Å²) in [5.41, 5.74) is 3.90. The average Bonchev–Trinajstić information content (AvgIpc) is 2.83. The number of rotatable bonds is 2. The first kappa shape index (κ1) is 13.3. The van der Waals surface area contributed by atoms with Crippen molar-refractivity contribution in [2.45, 2.75) is 20.4 Å². The van der Waals surface area contributed by atoms with Crippen LogP contribution in [0.15, 0.2) is 36.4 Å². The minimum Gasteiger partial charge on any atom is -0.324 e. The first-order valence-corrected chi connectivity index (χ1v) is 6.80. The second kappa shape index (κ2) is 5.02. The fourth-order valence-electron chi connectivity index (χ4n) is 2.61. The lowest BCUT2D eigenvalue weighted by Gasteiger charge is -2.07. The van der Waals surface area contributed by atoms with Crippen LogP contribution in [0.2, 0.25) is 0 Å². The monoisotopic (exact) mass is 279 g/mol. The van der Waals surface area contributed by atoms with Crippen LogP contribution in [0, 0.1) is 24.1 Å². The number of nitriles is 1. The van der Waals surface area contributed by atoms with Gasteiger partial charge in [-0.05, 0) is 55.8 Å². The summed E-state index contributed by atoms with van der Waals surface area (Å²) in [6.45, 7) is 4.61. The third-order valence-electron chi connectivity index (χ3n) is 3.49. The van der Waals surface area contributed by atoms with E-state index < -0.39 is 0 Å². The highest BCUT2D eigenvalue weighted by Crippen LogP contribution is 2.26. The average molecular weight is 279 g/mol. The van der Waals surface area contributed by atoms with Gasteiger partial charge in [0, 0.05) is 12.1 Å². The van der Waals surface area contributed by atoms with Gasteiger partial charge in [-0.2, -0.15) is 5.26 Å². The molecule has 0 aliphatic rings. The maximum Gasteiger partial charge on any atom is 0.141 e. The fraction of sp³-hybridized carbons (Fsp3) is 0.176. The lowest BCUT2D eigenvalue weighted by Crippen LogP contribution is -1.98. The van der Waals surface area contributed by atoms with Gasteiger partial charge in [0.25, 0.3) is 0 Å². The van der Waals surface area contributed by atoms with Crippen LogP contribution in [0.1, 0.15) is 18.1 Å². The van der Waals surface area contributed by atoms with Crippen LogP contribution in [0.25, 0.3) is 22.4 Å². The second-order valence-electron chi connectivity index (χ2n) is 5.01. The SMILES string of the molecule is CCn1c(-c2cc(C)cc(F)c2)nc2cc(C#N)ccc21. The summed E-state index contributed by atoms with van der Waals surface area (Å²) in [4.78, 5) is 4.59. The number of imidazole rings is 1. The first-order chi connectivity index (χ1) is 10.1. The molecule has 1 heterocycles. The summed E-state index contributed by atoms with van der Waals surface area (Å²) < 4.78 is 15.7. The molecule has 0 fully saturated rings.